The minimum atomic E-state index is -0.160. The molecule has 2 rings (SSSR count). The van der Waals surface area contributed by atoms with E-state index in [1.165, 1.54) is 0 Å². The third-order valence-corrected chi connectivity index (χ3v) is 3.92. The number of nitrogens with zero attached hydrogens (tertiary/aromatic N) is 2. The van der Waals surface area contributed by atoms with Crippen molar-refractivity contribution >= 4 is 27.6 Å². The number of nitrogens with two attached hydrogens (primary N) is 1. The number of hydrogen-bond acceptors (Lipinski definition) is 4. The first-order chi connectivity index (χ1) is 8.63. The Labute approximate surface area is 116 Å². The van der Waals surface area contributed by atoms with E-state index >= 15 is 0 Å². The van der Waals surface area contributed by atoms with Crippen LogP contribution < -0.4 is 10.6 Å². The average molecular weight is 312 g/mol. The summed E-state index contributed by atoms with van der Waals surface area (Å²) in [5, 5.41) is 0. The van der Waals surface area contributed by atoms with Gasteiger partial charge in [0.15, 0.2) is 5.96 Å². The maximum absolute atomic E-state index is 6.04. The van der Waals surface area contributed by atoms with Gasteiger partial charge in [-0.3, -0.25) is 4.99 Å². The van der Waals surface area contributed by atoms with E-state index in [1.54, 1.807) is 7.11 Å². The van der Waals surface area contributed by atoms with Crippen molar-refractivity contribution in [3.63, 3.8) is 0 Å². The Balaban J connectivity index is 2.37. The van der Waals surface area contributed by atoms with Gasteiger partial charge in [0.25, 0.3) is 0 Å². The summed E-state index contributed by atoms with van der Waals surface area (Å²) in [7, 11) is 1.71. The molecule has 0 spiro atoms. The van der Waals surface area contributed by atoms with E-state index in [-0.39, 0.29) is 5.54 Å². The Kier molecular flexibility index (Phi) is 3.92. The number of rotatable bonds is 4. The lowest BCUT2D eigenvalue weighted by Crippen LogP contribution is -2.54. The number of guanidine groups is 1. The van der Waals surface area contributed by atoms with E-state index in [2.05, 4.69) is 32.7 Å². The van der Waals surface area contributed by atoms with Crippen molar-refractivity contribution in [2.75, 3.05) is 25.2 Å². The molecule has 0 saturated carbocycles. The second-order valence-corrected chi connectivity index (χ2v) is 5.41. The predicted octanol–water partition coefficient (Wildman–Crippen LogP) is 2.38. The third-order valence-electron chi connectivity index (χ3n) is 3.39. The van der Waals surface area contributed by atoms with E-state index in [4.69, 9.17) is 10.5 Å². The molecule has 0 radical (unpaired) electrons. The predicted molar refractivity (Wildman–Crippen MR) is 78.0 cm³/mol. The molecule has 0 fully saturated rings. The molecule has 0 aromatic heterocycles. The highest BCUT2D eigenvalue weighted by molar-refractivity contribution is 9.10. The fourth-order valence-corrected chi connectivity index (χ4v) is 2.62. The molecule has 1 heterocycles. The fourth-order valence-electron chi connectivity index (χ4n) is 2.36. The van der Waals surface area contributed by atoms with E-state index in [9.17, 15) is 0 Å². The molecule has 1 atom stereocenters. The average Bonchev–Trinajstić information content (AvgIpc) is 2.69. The SMILES string of the molecule is CCC1(COC)CN=C(N)N1c1ccc(Br)cc1. The Bertz CT molecular complexity index is 446. The normalized spacial score (nSPS) is 23.3. The monoisotopic (exact) mass is 311 g/mol. The summed E-state index contributed by atoms with van der Waals surface area (Å²) in [6.45, 7) is 3.43. The summed E-state index contributed by atoms with van der Waals surface area (Å²) in [6, 6.07) is 8.10. The van der Waals surface area contributed by atoms with Crippen LogP contribution in [0.25, 0.3) is 0 Å². The summed E-state index contributed by atoms with van der Waals surface area (Å²) in [6.07, 6.45) is 0.932. The number of anilines is 1. The number of hydrogen-bond donors (Lipinski definition) is 1. The van der Waals surface area contributed by atoms with Gasteiger partial charge >= 0.3 is 0 Å². The smallest absolute Gasteiger partial charge is 0.196 e. The summed E-state index contributed by atoms with van der Waals surface area (Å²) in [5.41, 5.74) is 6.93. The summed E-state index contributed by atoms with van der Waals surface area (Å²) >= 11 is 3.44. The van der Waals surface area contributed by atoms with Gasteiger partial charge in [-0.25, -0.2) is 0 Å². The Morgan fingerprint density at radius 1 is 1.44 bits per heavy atom. The maximum atomic E-state index is 6.04. The number of benzene rings is 1. The number of halogens is 1. The van der Waals surface area contributed by atoms with Gasteiger partial charge < -0.3 is 15.4 Å². The van der Waals surface area contributed by atoms with Gasteiger partial charge in [-0.2, -0.15) is 0 Å². The van der Waals surface area contributed by atoms with E-state index in [1.807, 2.05) is 24.3 Å². The zero-order valence-electron chi connectivity index (χ0n) is 10.7. The molecule has 1 aliphatic heterocycles. The third kappa shape index (κ3) is 2.24. The highest BCUT2D eigenvalue weighted by Crippen LogP contribution is 2.32. The molecular weight excluding hydrogens is 294 g/mol. The zero-order valence-corrected chi connectivity index (χ0v) is 12.3. The molecule has 18 heavy (non-hydrogen) atoms. The topological polar surface area (TPSA) is 50.9 Å². The lowest BCUT2D eigenvalue weighted by atomic mass is 9.95. The molecule has 98 valence electrons. The van der Waals surface area contributed by atoms with Gasteiger partial charge in [0, 0.05) is 17.3 Å². The van der Waals surface area contributed by atoms with Crippen LogP contribution in [-0.4, -0.2) is 31.8 Å². The van der Waals surface area contributed by atoms with Crippen molar-refractivity contribution in [3.05, 3.63) is 28.7 Å². The minimum absolute atomic E-state index is 0.160. The van der Waals surface area contributed by atoms with Crippen molar-refractivity contribution in [2.24, 2.45) is 10.7 Å². The summed E-state index contributed by atoms with van der Waals surface area (Å²) in [4.78, 5) is 6.47. The summed E-state index contributed by atoms with van der Waals surface area (Å²) < 4.78 is 6.41. The Hall–Kier alpha value is -1.07. The van der Waals surface area contributed by atoms with Crippen molar-refractivity contribution in [1.29, 1.82) is 0 Å². The van der Waals surface area contributed by atoms with E-state index in [0.29, 0.717) is 19.1 Å². The van der Waals surface area contributed by atoms with Crippen LogP contribution in [0, 0.1) is 0 Å². The number of ether oxygens (including phenoxy) is 1. The van der Waals surface area contributed by atoms with Crippen LogP contribution in [0.2, 0.25) is 0 Å². The first-order valence-corrected chi connectivity index (χ1v) is 6.77. The van der Waals surface area contributed by atoms with E-state index < -0.39 is 0 Å². The zero-order chi connectivity index (χ0) is 13.2. The van der Waals surface area contributed by atoms with Crippen LogP contribution in [0.1, 0.15) is 13.3 Å². The first-order valence-electron chi connectivity index (χ1n) is 5.97. The lowest BCUT2D eigenvalue weighted by molar-refractivity contribution is 0.138. The molecule has 5 heteroatoms. The lowest BCUT2D eigenvalue weighted by Gasteiger charge is -2.38. The molecule has 2 N–H and O–H groups in total. The molecular formula is C13H18BrN3O. The van der Waals surface area contributed by atoms with Crippen LogP contribution in [0.4, 0.5) is 5.69 Å². The van der Waals surface area contributed by atoms with Crippen LogP contribution in [-0.2, 0) is 4.74 Å². The molecule has 1 unspecified atom stereocenters. The second kappa shape index (κ2) is 5.28. The summed E-state index contributed by atoms with van der Waals surface area (Å²) in [5.74, 6) is 0.566. The van der Waals surface area contributed by atoms with Gasteiger partial charge in [-0.05, 0) is 30.7 Å². The van der Waals surface area contributed by atoms with Gasteiger partial charge in [-0.15, -0.1) is 0 Å². The van der Waals surface area contributed by atoms with Gasteiger partial charge in [0.05, 0.1) is 18.7 Å². The van der Waals surface area contributed by atoms with Crippen LogP contribution in [0.5, 0.6) is 0 Å². The number of aliphatic imine (C=N–C) groups is 1. The van der Waals surface area contributed by atoms with Crippen molar-refractivity contribution in [2.45, 2.75) is 18.9 Å². The molecule has 0 amide bonds. The molecule has 4 nitrogen and oxygen atoms in total. The van der Waals surface area contributed by atoms with Gasteiger partial charge in [0.1, 0.15) is 0 Å². The largest absolute Gasteiger partial charge is 0.382 e. The molecule has 0 saturated heterocycles. The Morgan fingerprint density at radius 2 is 2.11 bits per heavy atom. The molecule has 1 aromatic rings. The quantitative estimate of drug-likeness (QED) is 0.929. The Morgan fingerprint density at radius 3 is 2.67 bits per heavy atom. The van der Waals surface area contributed by atoms with Crippen molar-refractivity contribution in [1.82, 2.24) is 0 Å². The first kappa shape index (κ1) is 13.4. The van der Waals surface area contributed by atoms with Crippen molar-refractivity contribution in [3.8, 4) is 0 Å². The molecule has 1 aromatic carbocycles. The number of methoxy groups -OCH3 is 1. The highest BCUT2D eigenvalue weighted by Gasteiger charge is 2.41. The maximum Gasteiger partial charge on any atom is 0.196 e. The van der Waals surface area contributed by atoms with Crippen LogP contribution >= 0.6 is 15.9 Å². The second-order valence-electron chi connectivity index (χ2n) is 4.50. The minimum Gasteiger partial charge on any atom is -0.382 e. The standard InChI is InChI=1S/C13H18BrN3O/c1-3-13(9-18-2)8-16-12(15)17(13)11-6-4-10(14)5-7-11/h4-7H,3,8-9H2,1-2H3,(H2,15,16). The van der Waals surface area contributed by atoms with Crippen molar-refractivity contribution < 1.29 is 4.74 Å². The van der Waals surface area contributed by atoms with Gasteiger partial charge in [0.2, 0.25) is 0 Å². The molecule has 0 aliphatic carbocycles. The molecule has 0 bridgehead atoms. The van der Waals surface area contributed by atoms with Crippen LogP contribution in [0.15, 0.2) is 33.7 Å². The van der Waals surface area contributed by atoms with Gasteiger partial charge in [-0.1, -0.05) is 22.9 Å². The molecule has 1 aliphatic rings. The highest BCUT2D eigenvalue weighted by atomic mass is 79.9. The fraction of sp³-hybridized carbons (Fsp3) is 0.462. The van der Waals surface area contributed by atoms with E-state index in [0.717, 1.165) is 16.6 Å². The van der Waals surface area contributed by atoms with Crippen LogP contribution in [0.3, 0.4) is 0 Å².